The molecule has 2 nitrogen and oxygen atoms in total. The summed E-state index contributed by atoms with van der Waals surface area (Å²) in [6.45, 7) is 2.22. The Morgan fingerprint density at radius 3 is 2.40 bits per heavy atom. The molecule has 0 aliphatic rings. The first-order chi connectivity index (χ1) is 7.27. The fraction of sp³-hybridized carbons (Fsp3) is 0.615. The Balaban J connectivity index is 3.20. The number of aliphatic carboxylic acids is 1. The highest BCUT2D eigenvalue weighted by Crippen LogP contribution is 2.06. The highest BCUT2D eigenvalue weighted by atomic mass is 16.4. The summed E-state index contributed by atoms with van der Waals surface area (Å²) < 4.78 is 0. The van der Waals surface area contributed by atoms with Gasteiger partial charge < -0.3 is 5.11 Å². The Kier molecular flexibility index (Phi) is 10.3. The number of allylic oxidation sites excluding steroid dienone is 3. The van der Waals surface area contributed by atoms with Crippen molar-refractivity contribution in [3.05, 3.63) is 24.3 Å². The molecule has 0 fully saturated rings. The van der Waals surface area contributed by atoms with Gasteiger partial charge in [-0.05, 0) is 12.8 Å². The summed E-state index contributed by atoms with van der Waals surface area (Å²) in [6.07, 6.45) is 15.4. The van der Waals surface area contributed by atoms with Gasteiger partial charge in [0.1, 0.15) is 0 Å². The molecule has 0 aromatic carbocycles. The van der Waals surface area contributed by atoms with Crippen LogP contribution in [0.25, 0.3) is 0 Å². The molecular formula is C13H22O2. The molecule has 0 aliphatic heterocycles. The number of carboxylic acid groups (broad SMARTS) is 1. The van der Waals surface area contributed by atoms with Gasteiger partial charge in [0.25, 0.3) is 0 Å². The minimum atomic E-state index is -0.890. The van der Waals surface area contributed by atoms with Gasteiger partial charge in [0.2, 0.25) is 0 Å². The van der Waals surface area contributed by atoms with Gasteiger partial charge in [0, 0.05) is 6.08 Å². The van der Waals surface area contributed by atoms with E-state index in [1.165, 1.54) is 38.5 Å². The Bertz CT molecular complexity index is 205. The molecule has 15 heavy (non-hydrogen) atoms. The Morgan fingerprint density at radius 2 is 1.73 bits per heavy atom. The standard InChI is InChI=1S/C13H22O2/c1-2-3-4-5-6-7-8-9-10-11-12-13(14)15/h9-12H,2-8H2,1H3,(H,14,15)/b10-9-,12-11-. The van der Waals surface area contributed by atoms with Crippen LogP contribution in [-0.4, -0.2) is 11.1 Å². The summed E-state index contributed by atoms with van der Waals surface area (Å²) >= 11 is 0. The van der Waals surface area contributed by atoms with Crippen molar-refractivity contribution in [2.45, 2.75) is 51.9 Å². The van der Waals surface area contributed by atoms with E-state index in [0.717, 1.165) is 12.5 Å². The monoisotopic (exact) mass is 210 g/mol. The summed E-state index contributed by atoms with van der Waals surface area (Å²) in [4.78, 5) is 10.1. The van der Waals surface area contributed by atoms with Gasteiger partial charge in [-0.25, -0.2) is 4.79 Å². The number of hydrogen-bond donors (Lipinski definition) is 1. The molecule has 0 amide bonds. The van der Waals surface area contributed by atoms with E-state index >= 15 is 0 Å². The normalized spacial score (nSPS) is 11.5. The van der Waals surface area contributed by atoms with Crippen LogP contribution in [0.4, 0.5) is 0 Å². The maximum absolute atomic E-state index is 10.1. The highest BCUT2D eigenvalue weighted by Gasteiger charge is 1.87. The van der Waals surface area contributed by atoms with Crippen molar-refractivity contribution < 1.29 is 9.90 Å². The van der Waals surface area contributed by atoms with E-state index in [0.29, 0.717) is 0 Å². The number of hydrogen-bond acceptors (Lipinski definition) is 1. The lowest BCUT2D eigenvalue weighted by molar-refractivity contribution is -0.131. The Morgan fingerprint density at radius 1 is 1.07 bits per heavy atom. The van der Waals surface area contributed by atoms with Crippen LogP contribution in [0.5, 0.6) is 0 Å². The van der Waals surface area contributed by atoms with Crippen LogP contribution < -0.4 is 0 Å². The van der Waals surface area contributed by atoms with Gasteiger partial charge in [-0.15, -0.1) is 0 Å². The van der Waals surface area contributed by atoms with E-state index in [9.17, 15) is 4.79 Å². The molecule has 0 radical (unpaired) electrons. The summed E-state index contributed by atoms with van der Waals surface area (Å²) in [7, 11) is 0. The molecule has 0 spiro atoms. The summed E-state index contributed by atoms with van der Waals surface area (Å²) in [5.74, 6) is -0.890. The van der Waals surface area contributed by atoms with Gasteiger partial charge in [-0.1, -0.05) is 57.3 Å². The van der Waals surface area contributed by atoms with Crippen LogP contribution in [0, 0.1) is 0 Å². The van der Waals surface area contributed by atoms with Crippen LogP contribution in [0.15, 0.2) is 24.3 Å². The second kappa shape index (κ2) is 11.0. The minimum absolute atomic E-state index is 0.890. The van der Waals surface area contributed by atoms with Crippen molar-refractivity contribution in [1.82, 2.24) is 0 Å². The van der Waals surface area contributed by atoms with E-state index < -0.39 is 5.97 Å². The first kappa shape index (κ1) is 13.9. The molecule has 2 heteroatoms. The van der Waals surface area contributed by atoms with Crippen molar-refractivity contribution in [1.29, 1.82) is 0 Å². The van der Waals surface area contributed by atoms with E-state index in [1.807, 2.05) is 6.08 Å². The van der Waals surface area contributed by atoms with Crippen molar-refractivity contribution in [3.8, 4) is 0 Å². The SMILES string of the molecule is CCCCCCCC/C=C\C=C/C(=O)O. The highest BCUT2D eigenvalue weighted by molar-refractivity contribution is 5.80. The van der Waals surface area contributed by atoms with Crippen LogP contribution in [-0.2, 0) is 4.79 Å². The van der Waals surface area contributed by atoms with Gasteiger partial charge in [0.05, 0.1) is 0 Å². The molecule has 0 unspecified atom stereocenters. The van der Waals surface area contributed by atoms with Gasteiger partial charge >= 0.3 is 5.97 Å². The zero-order valence-corrected chi connectivity index (χ0v) is 9.61. The van der Waals surface area contributed by atoms with E-state index in [4.69, 9.17) is 5.11 Å². The molecule has 0 atom stereocenters. The summed E-state index contributed by atoms with van der Waals surface area (Å²) in [5, 5.41) is 8.32. The fourth-order valence-electron chi connectivity index (χ4n) is 1.36. The second-order valence-electron chi connectivity index (χ2n) is 3.68. The van der Waals surface area contributed by atoms with Crippen molar-refractivity contribution in [2.24, 2.45) is 0 Å². The zero-order chi connectivity index (χ0) is 11.4. The third-order valence-corrected chi connectivity index (χ3v) is 2.21. The van der Waals surface area contributed by atoms with Crippen LogP contribution in [0.3, 0.4) is 0 Å². The maximum atomic E-state index is 10.1. The molecule has 0 aromatic heterocycles. The minimum Gasteiger partial charge on any atom is -0.478 e. The molecule has 0 saturated heterocycles. The fourth-order valence-corrected chi connectivity index (χ4v) is 1.36. The van der Waals surface area contributed by atoms with Crippen molar-refractivity contribution >= 4 is 5.97 Å². The molecule has 86 valence electrons. The smallest absolute Gasteiger partial charge is 0.328 e. The first-order valence-corrected chi connectivity index (χ1v) is 5.83. The summed E-state index contributed by atoms with van der Waals surface area (Å²) in [5.41, 5.74) is 0. The number of carboxylic acids is 1. The lowest BCUT2D eigenvalue weighted by Gasteiger charge is -1.97. The van der Waals surface area contributed by atoms with Gasteiger partial charge in [0.15, 0.2) is 0 Å². The third-order valence-electron chi connectivity index (χ3n) is 2.21. The van der Waals surface area contributed by atoms with Gasteiger partial charge in [-0.2, -0.15) is 0 Å². The molecule has 0 saturated carbocycles. The second-order valence-corrected chi connectivity index (χ2v) is 3.68. The summed E-state index contributed by atoms with van der Waals surface area (Å²) in [6, 6.07) is 0. The molecular weight excluding hydrogens is 188 g/mol. The zero-order valence-electron chi connectivity index (χ0n) is 9.61. The van der Waals surface area contributed by atoms with Crippen molar-refractivity contribution in [2.75, 3.05) is 0 Å². The van der Waals surface area contributed by atoms with Crippen LogP contribution in [0.2, 0.25) is 0 Å². The molecule has 0 aromatic rings. The van der Waals surface area contributed by atoms with Crippen LogP contribution >= 0.6 is 0 Å². The Hall–Kier alpha value is -1.05. The molecule has 0 rings (SSSR count). The average Bonchev–Trinajstić information content (AvgIpc) is 2.20. The quantitative estimate of drug-likeness (QED) is 0.355. The van der Waals surface area contributed by atoms with Crippen molar-refractivity contribution in [3.63, 3.8) is 0 Å². The molecule has 0 heterocycles. The maximum Gasteiger partial charge on any atom is 0.328 e. The van der Waals surface area contributed by atoms with Crippen LogP contribution in [0.1, 0.15) is 51.9 Å². The molecule has 0 aliphatic carbocycles. The van der Waals surface area contributed by atoms with E-state index in [-0.39, 0.29) is 0 Å². The van der Waals surface area contributed by atoms with E-state index in [2.05, 4.69) is 6.92 Å². The lowest BCUT2D eigenvalue weighted by atomic mass is 10.1. The molecule has 0 bridgehead atoms. The lowest BCUT2D eigenvalue weighted by Crippen LogP contribution is -1.84. The predicted molar refractivity (Wildman–Crippen MR) is 63.9 cm³/mol. The Labute approximate surface area is 92.7 Å². The first-order valence-electron chi connectivity index (χ1n) is 5.83. The van der Waals surface area contributed by atoms with E-state index in [1.54, 1.807) is 12.2 Å². The van der Waals surface area contributed by atoms with Gasteiger partial charge in [-0.3, -0.25) is 0 Å². The topological polar surface area (TPSA) is 37.3 Å². The largest absolute Gasteiger partial charge is 0.478 e. The number of rotatable bonds is 9. The molecule has 1 N–H and O–H groups in total. The predicted octanol–water partition coefficient (Wildman–Crippen LogP) is 3.93. The number of unbranched alkanes of at least 4 members (excludes halogenated alkanes) is 6. The third kappa shape index (κ3) is 12.9. The average molecular weight is 210 g/mol. The number of carbonyl (C=O) groups is 1.